The average molecular weight is 328 g/mol. The molecule has 23 heavy (non-hydrogen) atoms. The van der Waals surface area contributed by atoms with Crippen LogP contribution in [0.25, 0.3) is 0 Å². The van der Waals surface area contributed by atoms with Gasteiger partial charge < -0.3 is 15.6 Å². The van der Waals surface area contributed by atoms with E-state index in [9.17, 15) is 19.5 Å². The molecule has 132 valence electrons. The molecule has 0 spiro atoms. The first-order chi connectivity index (χ1) is 10.6. The number of hydrogen-bond donors (Lipinski definition) is 2. The highest BCUT2D eigenvalue weighted by Crippen LogP contribution is 2.17. The average Bonchev–Trinajstić information content (AvgIpc) is 2.41. The molecule has 0 unspecified atom stereocenters. The van der Waals surface area contributed by atoms with E-state index in [1.165, 1.54) is 6.08 Å². The molecule has 0 aromatic heterocycles. The molecule has 7 nitrogen and oxygen atoms in total. The second kappa shape index (κ2) is 9.99. The molecular formula is C16H28N2O5. The normalized spacial score (nSPS) is 12.3. The van der Waals surface area contributed by atoms with E-state index in [1.807, 2.05) is 0 Å². The Labute approximate surface area is 137 Å². The van der Waals surface area contributed by atoms with Crippen molar-refractivity contribution in [2.45, 2.75) is 64.5 Å². The number of carbonyl (C=O) groups excluding carboxylic acids is 2. The molecule has 0 fully saturated rings. The van der Waals surface area contributed by atoms with Crippen molar-refractivity contribution < 1.29 is 24.2 Å². The number of nitrogens with two attached hydrogens (primary N) is 1. The molecule has 3 N–H and O–H groups in total. The molecule has 1 atom stereocenters. The van der Waals surface area contributed by atoms with Gasteiger partial charge in [0.25, 0.3) is 0 Å². The lowest BCUT2D eigenvalue weighted by Gasteiger charge is -2.30. The highest BCUT2D eigenvalue weighted by atomic mass is 16.6. The van der Waals surface area contributed by atoms with Crippen molar-refractivity contribution in [3.63, 3.8) is 0 Å². The Bertz CT molecular complexity index is 429. The van der Waals surface area contributed by atoms with Gasteiger partial charge >= 0.3 is 12.1 Å². The Hall–Kier alpha value is -1.89. The lowest BCUT2D eigenvalue weighted by molar-refractivity contribution is -0.149. The fourth-order valence-electron chi connectivity index (χ4n) is 1.91. The lowest BCUT2D eigenvalue weighted by Crippen LogP contribution is -2.50. The number of carboxylic acid groups (broad SMARTS) is 1. The molecule has 0 saturated carbocycles. The van der Waals surface area contributed by atoms with E-state index in [4.69, 9.17) is 10.5 Å². The summed E-state index contributed by atoms with van der Waals surface area (Å²) in [5, 5.41) is 9.41. The van der Waals surface area contributed by atoms with Crippen LogP contribution in [0.4, 0.5) is 4.79 Å². The molecular weight excluding hydrogens is 300 g/mol. The molecule has 7 heteroatoms. The predicted octanol–water partition coefficient (Wildman–Crippen LogP) is 2.30. The zero-order valence-corrected chi connectivity index (χ0v) is 14.2. The van der Waals surface area contributed by atoms with Crippen molar-refractivity contribution >= 4 is 18.0 Å². The van der Waals surface area contributed by atoms with Gasteiger partial charge in [-0.3, -0.25) is 4.79 Å². The highest BCUT2D eigenvalue weighted by molar-refractivity contribution is 5.96. The molecule has 0 aliphatic heterocycles. The number of ether oxygens (including phenoxy) is 1. The predicted molar refractivity (Wildman–Crippen MR) is 86.8 cm³/mol. The minimum atomic E-state index is -1.26. The summed E-state index contributed by atoms with van der Waals surface area (Å²) in [6.07, 6.45) is 2.22. The maximum Gasteiger partial charge on any atom is 0.417 e. The second-order valence-electron chi connectivity index (χ2n) is 6.21. The van der Waals surface area contributed by atoms with Crippen molar-refractivity contribution in [2.24, 2.45) is 5.73 Å². The van der Waals surface area contributed by atoms with Gasteiger partial charge in [0.15, 0.2) is 0 Å². The van der Waals surface area contributed by atoms with Gasteiger partial charge in [-0.2, -0.15) is 0 Å². The third kappa shape index (κ3) is 8.35. The zero-order chi connectivity index (χ0) is 18.0. The SMILES string of the molecule is C=CCCC(=O)N(C(=O)OC(C)(C)C)[C@@H](CCCCN)C(=O)O. The molecule has 0 heterocycles. The van der Waals surface area contributed by atoms with Gasteiger partial charge in [-0.1, -0.05) is 6.08 Å². The van der Waals surface area contributed by atoms with E-state index < -0.39 is 29.6 Å². The van der Waals surface area contributed by atoms with E-state index in [1.54, 1.807) is 20.8 Å². The van der Waals surface area contributed by atoms with Crippen LogP contribution >= 0.6 is 0 Å². The maximum absolute atomic E-state index is 12.3. The number of aliphatic carboxylic acids is 1. The van der Waals surface area contributed by atoms with Gasteiger partial charge in [-0.05, 0) is 53.0 Å². The maximum atomic E-state index is 12.3. The molecule has 0 saturated heterocycles. The van der Waals surface area contributed by atoms with Gasteiger partial charge in [0.1, 0.15) is 11.6 Å². The van der Waals surface area contributed by atoms with Crippen molar-refractivity contribution in [2.75, 3.05) is 6.54 Å². The van der Waals surface area contributed by atoms with E-state index >= 15 is 0 Å². The molecule has 0 radical (unpaired) electrons. The number of unbranched alkanes of at least 4 members (excludes halogenated alkanes) is 1. The molecule has 2 amide bonds. The smallest absolute Gasteiger partial charge is 0.417 e. The fourth-order valence-corrected chi connectivity index (χ4v) is 1.91. The van der Waals surface area contributed by atoms with Crippen molar-refractivity contribution in [1.29, 1.82) is 0 Å². The first-order valence-corrected chi connectivity index (χ1v) is 7.72. The number of amides is 2. The summed E-state index contributed by atoms with van der Waals surface area (Å²) in [6.45, 7) is 8.90. The fraction of sp³-hybridized carbons (Fsp3) is 0.688. The number of carbonyl (C=O) groups is 3. The number of imide groups is 1. The van der Waals surface area contributed by atoms with Crippen molar-refractivity contribution in [3.05, 3.63) is 12.7 Å². The van der Waals surface area contributed by atoms with Crippen LogP contribution in [-0.4, -0.2) is 46.2 Å². The third-order valence-corrected chi connectivity index (χ3v) is 2.95. The quantitative estimate of drug-likeness (QED) is 0.496. The van der Waals surface area contributed by atoms with E-state index in [0.29, 0.717) is 30.7 Å². The summed E-state index contributed by atoms with van der Waals surface area (Å²) < 4.78 is 5.19. The minimum Gasteiger partial charge on any atom is -0.480 e. The van der Waals surface area contributed by atoms with Gasteiger partial charge in [0, 0.05) is 6.42 Å². The lowest BCUT2D eigenvalue weighted by atomic mass is 10.1. The summed E-state index contributed by atoms with van der Waals surface area (Å²) in [6, 6.07) is -1.26. The van der Waals surface area contributed by atoms with E-state index in [2.05, 4.69) is 6.58 Å². The van der Waals surface area contributed by atoms with Crippen LogP contribution in [0.5, 0.6) is 0 Å². The number of carboxylic acids is 1. The highest BCUT2D eigenvalue weighted by Gasteiger charge is 2.36. The number of hydrogen-bond acceptors (Lipinski definition) is 5. The molecule has 0 aromatic rings. The summed E-state index contributed by atoms with van der Waals surface area (Å²) in [7, 11) is 0. The molecule has 0 aromatic carbocycles. The van der Waals surface area contributed by atoms with Gasteiger partial charge in [-0.25, -0.2) is 14.5 Å². The first-order valence-electron chi connectivity index (χ1n) is 7.72. The molecule has 0 bridgehead atoms. The third-order valence-electron chi connectivity index (χ3n) is 2.95. The largest absolute Gasteiger partial charge is 0.480 e. The van der Waals surface area contributed by atoms with Gasteiger partial charge in [0.2, 0.25) is 5.91 Å². The second-order valence-corrected chi connectivity index (χ2v) is 6.21. The van der Waals surface area contributed by atoms with Crippen molar-refractivity contribution in [3.8, 4) is 0 Å². The number of allylic oxidation sites excluding steroid dienone is 1. The Morgan fingerprint density at radius 1 is 1.30 bits per heavy atom. The van der Waals surface area contributed by atoms with Crippen molar-refractivity contribution in [1.82, 2.24) is 4.90 Å². The van der Waals surface area contributed by atoms with Crippen LogP contribution in [0, 0.1) is 0 Å². The van der Waals surface area contributed by atoms with Crippen LogP contribution < -0.4 is 5.73 Å². The van der Waals surface area contributed by atoms with E-state index in [0.717, 1.165) is 0 Å². The first kappa shape index (κ1) is 21.1. The number of rotatable bonds is 9. The van der Waals surface area contributed by atoms with Crippen LogP contribution in [0.3, 0.4) is 0 Å². The van der Waals surface area contributed by atoms with Crippen LogP contribution in [0.1, 0.15) is 52.9 Å². The van der Waals surface area contributed by atoms with E-state index in [-0.39, 0.29) is 12.8 Å². The molecule has 0 aliphatic rings. The monoisotopic (exact) mass is 328 g/mol. The van der Waals surface area contributed by atoms with Crippen LogP contribution in [-0.2, 0) is 14.3 Å². The molecule has 0 aliphatic carbocycles. The number of nitrogens with zero attached hydrogens (tertiary/aromatic N) is 1. The summed E-state index contributed by atoms with van der Waals surface area (Å²) >= 11 is 0. The Kier molecular flexibility index (Phi) is 9.17. The standard InChI is InChI=1S/C16H28N2O5/c1-5-6-10-13(19)18(15(22)23-16(2,3)4)12(14(20)21)9-7-8-11-17/h5,12H,1,6-11,17H2,2-4H3,(H,20,21)/t12-/m0/s1. The molecule has 0 rings (SSSR count). The Morgan fingerprint density at radius 2 is 1.91 bits per heavy atom. The van der Waals surface area contributed by atoms with Crippen LogP contribution in [0.2, 0.25) is 0 Å². The topological polar surface area (TPSA) is 110 Å². The minimum absolute atomic E-state index is 0.00338. The zero-order valence-electron chi connectivity index (χ0n) is 14.2. The Morgan fingerprint density at radius 3 is 2.35 bits per heavy atom. The Balaban J connectivity index is 5.32. The summed E-state index contributed by atoms with van der Waals surface area (Å²) in [5.41, 5.74) is 4.58. The summed E-state index contributed by atoms with van der Waals surface area (Å²) in [4.78, 5) is 36.9. The summed E-state index contributed by atoms with van der Waals surface area (Å²) in [5.74, 6) is -1.82. The van der Waals surface area contributed by atoms with Gasteiger partial charge in [-0.15, -0.1) is 6.58 Å². The van der Waals surface area contributed by atoms with Gasteiger partial charge in [0.05, 0.1) is 0 Å². The van der Waals surface area contributed by atoms with Crippen LogP contribution in [0.15, 0.2) is 12.7 Å².